The van der Waals surface area contributed by atoms with E-state index < -0.39 is 0 Å². The molecule has 1 aliphatic rings. The van der Waals surface area contributed by atoms with Crippen LogP contribution in [0.3, 0.4) is 0 Å². The molecular weight excluding hydrogens is 434 g/mol. The zero-order valence-electron chi connectivity index (χ0n) is 17.3. The Labute approximate surface area is 190 Å². The van der Waals surface area contributed by atoms with E-state index in [9.17, 15) is 4.79 Å². The van der Waals surface area contributed by atoms with Crippen molar-refractivity contribution in [2.24, 2.45) is 0 Å². The lowest BCUT2D eigenvalue weighted by Crippen LogP contribution is -2.38. The molecule has 0 unspecified atom stereocenters. The highest BCUT2D eigenvalue weighted by molar-refractivity contribution is 7.99. The highest BCUT2D eigenvalue weighted by Gasteiger charge is 2.23. The van der Waals surface area contributed by atoms with Crippen molar-refractivity contribution in [1.29, 1.82) is 0 Å². The summed E-state index contributed by atoms with van der Waals surface area (Å²) in [5, 5.41) is 13.1. The van der Waals surface area contributed by atoms with Gasteiger partial charge in [-0.2, -0.15) is 0 Å². The minimum atomic E-state index is -0.0859. The van der Waals surface area contributed by atoms with Crippen molar-refractivity contribution < 1.29 is 9.53 Å². The first-order valence-electron chi connectivity index (χ1n) is 10.1. The van der Waals surface area contributed by atoms with E-state index in [4.69, 9.17) is 16.3 Å². The average molecular weight is 458 g/mol. The van der Waals surface area contributed by atoms with Crippen LogP contribution in [0.15, 0.2) is 53.7 Å². The number of aromatic nitrogens is 3. The number of nitrogens with one attached hydrogen (secondary N) is 1. The minimum Gasteiger partial charge on any atom is -0.378 e. The van der Waals surface area contributed by atoms with Gasteiger partial charge in [0.1, 0.15) is 0 Å². The number of thioether (sulfide) groups is 1. The van der Waals surface area contributed by atoms with Crippen molar-refractivity contribution >= 4 is 35.2 Å². The van der Waals surface area contributed by atoms with Gasteiger partial charge >= 0.3 is 0 Å². The molecule has 1 aromatic heterocycles. The molecule has 3 aromatic rings. The lowest BCUT2D eigenvalue weighted by molar-refractivity contribution is -0.118. The standard InChI is InChI=1S/C22H24ClN5O2S/c1-16-6-2-5-9-19(16)28-21(27-10-12-30-13-11-27)25-26-22(28)31-15-20(29)24-14-17-7-3-4-8-18(17)23/h2-9H,10-15H2,1H3,(H,24,29). The lowest BCUT2D eigenvalue weighted by Gasteiger charge is -2.28. The fourth-order valence-electron chi connectivity index (χ4n) is 3.37. The number of anilines is 1. The molecular formula is C22H24ClN5O2S. The van der Waals surface area contributed by atoms with Crippen LogP contribution >= 0.6 is 23.4 Å². The molecule has 0 atom stereocenters. The maximum atomic E-state index is 12.5. The minimum absolute atomic E-state index is 0.0859. The number of benzene rings is 2. The van der Waals surface area contributed by atoms with Crippen LogP contribution in [0.5, 0.6) is 0 Å². The predicted molar refractivity (Wildman–Crippen MR) is 123 cm³/mol. The van der Waals surface area contributed by atoms with E-state index in [-0.39, 0.29) is 11.7 Å². The van der Waals surface area contributed by atoms with Crippen LogP contribution in [0.4, 0.5) is 5.95 Å². The maximum Gasteiger partial charge on any atom is 0.232 e. The van der Waals surface area contributed by atoms with Crippen molar-refractivity contribution in [3.05, 3.63) is 64.7 Å². The summed E-state index contributed by atoms with van der Waals surface area (Å²) in [4.78, 5) is 14.6. The van der Waals surface area contributed by atoms with E-state index in [1.165, 1.54) is 11.8 Å². The van der Waals surface area contributed by atoms with Gasteiger partial charge in [-0.3, -0.25) is 9.36 Å². The Balaban J connectivity index is 1.50. The zero-order valence-corrected chi connectivity index (χ0v) is 18.8. The summed E-state index contributed by atoms with van der Waals surface area (Å²) in [5.74, 6) is 0.922. The Kier molecular flexibility index (Phi) is 7.11. The second kappa shape index (κ2) is 10.2. The second-order valence-electron chi connectivity index (χ2n) is 7.16. The molecule has 0 bridgehead atoms. The van der Waals surface area contributed by atoms with Gasteiger partial charge in [-0.1, -0.05) is 59.8 Å². The molecule has 0 radical (unpaired) electrons. The molecule has 0 aliphatic carbocycles. The van der Waals surface area contributed by atoms with Crippen LogP contribution in [-0.2, 0) is 16.1 Å². The molecule has 2 heterocycles. The fraction of sp³-hybridized carbons (Fsp3) is 0.318. The summed E-state index contributed by atoms with van der Waals surface area (Å²) in [6.07, 6.45) is 0. The number of halogens is 1. The number of nitrogens with zero attached hydrogens (tertiary/aromatic N) is 4. The molecule has 1 N–H and O–H groups in total. The monoisotopic (exact) mass is 457 g/mol. The van der Waals surface area contributed by atoms with E-state index in [0.29, 0.717) is 29.9 Å². The smallest absolute Gasteiger partial charge is 0.232 e. The number of amides is 1. The molecule has 0 saturated carbocycles. The maximum absolute atomic E-state index is 12.5. The van der Waals surface area contributed by atoms with Crippen molar-refractivity contribution in [1.82, 2.24) is 20.1 Å². The Hall–Kier alpha value is -2.55. The van der Waals surface area contributed by atoms with E-state index in [0.717, 1.165) is 35.9 Å². The third-order valence-electron chi connectivity index (χ3n) is 5.03. The number of carbonyl (C=O) groups excluding carboxylic acids is 1. The van der Waals surface area contributed by atoms with Gasteiger partial charge in [0, 0.05) is 24.7 Å². The van der Waals surface area contributed by atoms with Crippen LogP contribution in [-0.4, -0.2) is 52.7 Å². The quantitative estimate of drug-likeness (QED) is 0.548. The molecule has 2 aromatic carbocycles. The molecule has 162 valence electrons. The number of rotatable bonds is 7. The molecule has 1 fully saturated rings. The number of ether oxygens (including phenoxy) is 1. The van der Waals surface area contributed by atoms with Gasteiger partial charge in [0.2, 0.25) is 11.9 Å². The molecule has 4 rings (SSSR count). The lowest BCUT2D eigenvalue weighted by atomic mass is 10.2. The van der Waals surface area contributed by atoms with Gasteiger partial charge in [0.05, 0.1) is 24.7 Å². The number of carbonyl (C=O) groups is 1. The van der Waals surface area contributed by atoms with Crippen molar-refractivity contribution in [2.45, 2.75) is 18.6 Å². The van der Waals surface area contributed by atoms with Gasteiger partial charge in [-0.05, 0) is 30.2 Å². The zero-order chi connectivity index (χ0) is 21.6. The summed E-state index contributed by atoms with van der Waals surface area (Å²) in [6, 6.07) is 15.6. The fourth-order valence-corrected chi connectivity index (χ4v) is 4.34. The van der Waals surface area contributed by atoms with Gasteiger partial charge < -0.3 is 15.0 Å². The molecule has 7 nitrogen and oxygen atoms in total. The van der Waals surface area contributed by atoms with Crippen molar-refractivity contribution in [2.75, 3.05) is 37.0 Å². The van der Waals surface area contributed by atoms with Gasteiger partial charge in [0.25, 0.3) is 0 Å². The largest absolute Gasteiger partial charge is 0.378 e. The molecule has 31 heavy (non-hydrogen) atoms. The number of para-hydroxylation sites is 1. The van der Waals surface area contributed by atoms with Crippen molar-refractivity contribution in [3.8, 4) is 5.69 Å². The van der Waals surface area contributed by atoms with Gasteiger partial charge in [-0.25, -0.2) is 0 Å². The summed E-state index contributed by atoms with van der Waals surface area (Å²) in [6.45, 7) is 5.28. The summed E-state index contributed by atoms with van der Waals surface area (Å²) in [7, 11) is 0. The number of hydrogen-bond donors (Lipinski definition) is 1. The highest BCUT2D eigenvalue weighted by atomic mass is 35.5. The first-order valence-corrected chi connectivity index (χ1v) is 11.5. The van der Waals surface area contributed by atoms with E-state index in [1.54, 1.807) is 0 Å². The van der Waals surface area contributed by atoms with Gasteiger partial charge in [-0.15, -0.1) is 10.2 Å². The van der Waals surface area contributed by atoms with Crippen LogP contribution in [0.25, 0.3) is 5.69 Å². The first kappa shape index (κ1) is 21.7. The van der Waals surface area contributed by atoms with Gasteiger partial charge in [0.15, 0.2) is 5.16 Å². The summed E-state index contributed by atoms with van der Waals surface area (Å²) >= 11 is 7.54. The normalized spacial score (nSPS) is 13.9. The number of aryl methyl sites for hydroxylation is 1. The van der Waals surface area contributed by atoms with Crippen LogP contribution in [0.1, 0.15) is 11.1 Å². The van der Waals surface area contributed by atoms with Crippen molar-refractivity contribution in [3.63, 3.8) is 0 Å². The third kappa shape index (κ3) is 5.20. The summed E-state index contributed by atoms with van der Waals surface area (Å²) in [5.41, 5.74) is 3.01. The Morgan fingerprint density at radius 2 is 1.87 bits per heavy atom. The molecule has 9 heteroatoms. The van der Waals surface area contributed by atoms with E-state index >= 15 is 0 Å². The van der Waals surface area contributed by atoms with Crippen LogP contribution in [0, 0.1) is 6.92 Å². The highest BCUT2D eigenvalue weighted by Crippen LogP contribution is 2.28. The Bertz CT molecular complexity index is 1050. The first-order chi connectivity index (χ1) is 15.1. The second-order valence-corrected chi connectivity index (χ2v) is 8.51. The SMILES string of the molecule is Cc1ccccc1-n1c(SCC(=O)NCc2ccccc2Cl)nnc1N1CCOCC1. The van der Waals surface area contributed by atoms with Crippen LogP contribution < -0.4 is 10.2 Å². The number of morpholine rings is 1. The van der Waals surface area contributed by atoms with E-state index in [2.05, 4.69) is 33.4 Å². The Morgan fingerprint density at radius 1 is 1.13 bits per heavy atom. The third-order valence-corrected chi connectivity index (χ3v) is 6.33. The average Bonchev–Trinajstić information content (AvgIpc) is 3.22. The Morgan fingerprint density at radius 3 is 2.65 bits per heavy atom. The van der Waals surface area contributed by atoms with Crippen LogP contribution in [0.2, 0.25) is 5.02 Å². The predicted octanol–water partition coefficient (Wildman–Crippen LogP) is 3.47. The molecule has 1 saturated heterocycles. The molecule has 1 aliphatic heterocycles. The number of hydrogen-bond acceptors (Lipinski definition) is 6. The summed E-state index contributed by atoms with van der Waals surface area (Å²) < 4.78 is 7.52. The van der Waals surface area contributed by atoms with E-state index in [1.807, 2.05) is 47.0 Å². The molecule has 0 spiro atoms. The topological polar surface area (TPSA) is 72.3 Å². The molecule has 1 amide bonds.